The maximum Gasteiger partial charge on any atom is 0.314 e. The first-order chi connectivity index (χ1) is 13.3. The first kappa shape index (κ1) is 20.7. The van der Waals surface area contributed by atoms with Crippen molar-refractivity contribution in [1.82, 2.24) is 4.31 Å². The van der Waals surface area contributed by atoms with E-state index in [0.717, 1.165) is 4.47 Å². The van der Waals surface area contributed by atoms with Gasteiger partial charge in [0.2, 0.25) is 10.0 Å². The van der Waals surface area contributed by atoms with Crippen LogP contribution < -0.4 is 4.74 Å². The van der Waals surface area contributed by atoms with Crippen LogP contribution in [0.3, 0.4) is 0 Å². The number of halogens is 1. The van der Waals surface area contributed by atoms with Gasteiger partial charge in [0.05, 0.1) is 10.8 Å². The Labute approximate surface area is 172 Å². The second kappa shape index (κ2) is 8.55. The quantitative estimate of drug-likeness (QED) is 0.382. The molecule has 1 aliphatic rings. The number of nitrogens with zero attached hydrogens (tertiary/aromatic N) is 1. The van der Waals surface area contributed by atoms with Gasteiger partial charge in [-0.2, -0.15) is 4.31 Å². The number of benzene rings is 2. The summed E-state index contributed by atoms with van der Waals surface area (Å²) in [6.45, 7) is 1.85. The van der Waals surface area contributed by atoms with E-state index < -0.39 is 10.0 Å². The van der Waals surface area contributed by atoms with Crippen molar-refractivity contribution >= 4 is 37.7 Å². The zero-order valence-corrected chi connectivity index (χ0v) is 17.7. The van der Waals surface area contributed by atoms with Crippen molar-refractivity contribution in [3.8, 4) is 5.75 Å². The number of rotatable bonds is 5. The van der Waals surface area contributed by atoms with Gasteiger partial charge in [-0.25, -0.2) is 8.42 Å². The zero-order valence-electron chi connectivity index (χ0n) is 15.3. The molecule has 0 unspecified atom stereocenters. The number of hydrogen-bond acceptors (Lipinski definition) is 5. The molecule has 1 saturated heterocycles. The Morgan fingerprint density at radius 3 is 2.32 bits per heavy atom. The highest BCUT2D eigenvalue weighted by molar-refractivity contribution is 9.10. The van der Waals surface area contributed by atoms with Gasteiger partial charge in [0.15, 0.2) is 5.78 Å². The van der Waals surface area contributed by atoms with Gasteiger partial charge in [0.25, 0.3) is 0 Å². The van der Waals surface area contributed by atoms with Crippen molar-refractivity contribution in [2.24, 2.45) is 5.92 Å². The lowest BCUT2D eigenvalue weighted by Gasteiger charge is -2.30. The standard InChI is InChI=1S/C20H20BrNO5S/c1-14(23)16-3-2-4-19(13-16)28(25,26)22-11-9-15(10-12-22)20(24)27-18-7-5-17(21)6-8-18/h2-8,13,15H,9-12H2,1H3. The lowest BCUT2D eigenvalue weighted by atomic mass is 9.98. The Bertz CT molecular complexity index is 980. The Balaban J connectivity index is 1.64. The summed E-state index contributed by atoms with van der Waals surface area (Å²) in [5.41, 5.74) is 0.356. The van der Waals surface area contributed by atoms with E-state index in [1.54, 1.807) is 36.4 Å². The molecule has 0 aliphatic carbocycles. The summed E-state index contributed by atoms with van der Waals surface area (Å²) in [5, 5.41) is 0. The number of sulfonamides is 1. The average molecular weight is 466 g/mol. The van der Waals surface area contributed by atoms with Crippen molar-refractivity contribution in [1.29, 1.82) is 0 Å². The molecule has 2 aromatic rings. The molecule has 1 aliphatic heterocycles. The SMILES string of the molecule is CC(=O)c1cccc(S(=O)(=O)N2CCC(C(=O)Oc3ccc(Br)cc3)CC2)c1. The predicted octanol–water partition coefficient (Wildman–Crippen LogP) is 3.66. The molecule has 3 rings (SSSR count). The molecule has 0 atom stereocenters. The van der Waals surface area contributed by atoms with E-state index in [1.807, 2.05) is 0 Å². The van der Waals surface area contributed by atoms with Gasteiger partial charge in [-0.05, 0) is 56.2 Å². The van der Waals surface area contributed by atoms with Crippen LogP contribution in [0.1, 0.15) is 30.1 Å². The Hall–Kier alpha value is -2.03. The van der Waals surface area contributed by atoms with E-state index >= 15 is 0 Å². The minimum absolute atomic E-state index is 0.0936. The predicted molar refractivity (Wildman–Crippen MR) is 108 cm³/mol. The Morgan fingerprint density at radius 1 is 1.07 bits per heavy atom. The number of esters is 1. The molecule has 0 bridgehead atoms. The van der Waals surface area contributed by atoms with Crippen LogP contribution in [0.5, 0.6) is 5.75 Å². The second-order valence-corrected chi connectivity index (χ2v) is 9.49. The van der Waals surface area contributed by atoms with E-state index in [1.165, 1.54) is 23.4 Å². The van der Waals surface area contributed by atoms with E-state index in [4.69, 9.17) is 4.74 Å². The summed E-state index contributed by atoms with van der Waals surface area (Å²) in [6.07, 6.45) is 0.780. The van der Waals surface area contributed by atoms with Crippen LogP contribution in [-0.2, 0) is 14.8 Å². The normalized spacial score (nSPS) is 15.9. The van der Waals surface area contributed by atoms with Crippen LogP contribution in [0.2, 0.25) is 0 Å². The molecule has 0 saturated carbocycles. The lowest BCUT2D eigenvalue weighted by molar-refractivity contribution is -0.140. The second-order valence-electron chi connectivity index (χ2n) is 6.64. The average Bonchev–Trinajstić information content (AvgIpc) is 2.70. The molecule has 1 heterocycles. The first-order valence-corrected chi connectivity index (χ1v) is 11.1. The summed E-state index contributed by atoms with van der Waals surface area (Å²) in [5.74, 6) is -0.424. The van der Waals surface area contributed by atoms with E-state index in [0.29, 0.717) is 24.2 Å². The van der Waals surface area contributed by atoms with Crippen molar-refractivity contribution in [2.75, 3.05) is 13.1 Å². The number of carbonyl (C=O) groups excluding carboxylic acids is 2. The van der Waals surface area contributed by atoms with Gasteiger partial charge in [-0.3, -0.25) is 9.59 Å². The Morgan fingerprint density at radius 2 is 1.71 bits per heavy atom. The third-order valence-electron chi connectivity index (χ3n) is 4.70. The van der Waals surface area contributed by atoms with E-state index in [-0.39, 0.29) is 35.7 Å². The molecular weight excluding hydrogens is 446 g/mol. The third kappa shape index (κ3) is 4.68. The number of piperidine rings is 1. The number of Topliss-reactive ketones (excluding diaryl/α,β-unsaturated/α-hetero) is 1. The summed E-state index contributed by atoms with van der Waals surface area (Å²) in [6, 6.07) is 13.0. The molecule has 2 aromatic carbocycles. The van der Waals surface area contributed by atoms with Gasteiger partial charge in [0, 0.05) is 23.1 Å². The third-order valence-corrected chi connectivity index (χ3v) is 7.12. The monoisotopic (exact) mass is 465 g/mol. The van der Waals surface area contributed by atoms with Crippen molar-refractivity contribution < 1.29 is 22.7 Å². The number of ether oxygens (including phenoxy) is 1. The fourth-order valence-electron chi connectivity index (χ4n) is 3.06. The number of ketones is 1. The number of carbonyl (C=O) groups is 2. The highest BCUT2D eigenvalue weighted by Gasteiger charge is 2.33. The van der Waals surface area contributed by atoms with E-state index in [2.05, 4.69) is 15.9 Å². The summed E-state index contributed by atoms with van der Waals surface area (Å²) in [4.78, 5) is 24.0. The minimum atomic E-state index is -3.71. The molecule has 0 amide bonds. The molecule has 0 spiro atoms. The lowest BCUT2D eigenvalue weighted by Crippen LogP contribution is -2.41. The van der Waals surface area contributed by atoms with E-state index in [9.17, 15) is 18.0 Å². The minimum Gasteiger partial charge on any atom is -0.426 e. The molecule has 28 heavy (non-hydrogen) atoms. The summed E-state index contributed by atoms with van der Waals surface area (Å²) in [7, 11) is -3.71. The van der Waals surface area contributed by atoms with Gasteiger partial charge in [-0.1, -0.05) is 28.1 Å². The molecule has 148 valence electrons. The fraction of sp³-hybridized carbons (Fsp3) is 0.300. The molecule has 8 heteroatoms. The maximum atomic E-state index is 12.9. The van der Waals surface area contributed by atoms with Crippen LogP contribution in [0.15, 0.2) is 57.9 Å². The molecule has 0 aromatic heterocycles. The zero-order chi connectivity index (χ0) is 20.3. The Kier molecular flexibility index (Phi) is 6.32. The van der Waals surface area contributed by atoms with Gasteiger partial charge in [0.1, 0.15) is 5.75 Å². The van der Waals surface area contributed by atoms with Gasteiger partial charge < -0.3 is 4.74 Å². The van der Waals surface area contributed by atoms with Crippen molar-refractivity contribution in [3.63, 3.8) is 0 Å². The topological polar surface area (TPSA) is 80.8 Å². The molecule has 6 nitrogen and oxygen atoms in total. The smallest absolute Gasteiger partial charge is 0.314 e. The summed E-state index contributed by atoms with van der Waals surface area (Å²) < 4.78 is 33.3. The highest BCUT2D eigenvalue weighted by atomic mass is 79.9. The maximum absolute atomic E-state index is 12.9. The van der Waals surface area contributed by atoms with Crippen LogP contribution in [-0.4, -0.2) is 37.6 Å². The van der Waals surface area contributed by atoms with Crippen LogP contribution >= 0.6 is 15.9 Å². The molecule has 0 radical (unpaired) electrons. The van der Waals surface area contributed by atoms with Crippen molar-refractivity contribution in [2.45, 2.75) is 24.7 Å². The summed E-state index contributed by atoms with van der Waals surface area (Å²) >= 11 is 3.32. The molecule has 1 fully saturated rings. The van der Waals surface area contributed by atoms with Gasteiger partial charge in [-0.15, -0.1) is 0 Å². The van der Waals surface area contributed by atoms with Crippen LogP contribution in [0, 0.1) is 5.92 Å². The van der Waals surface area contributed by atoms with Crippen molar-refractivity contribution in [3.05, 3.63) is 58.6 Å². The number of hydrogen-bond donors (Lipinski definition) is 0. The highest BCUT2D eigenvalue weighted by Crippen LogP contribution is 2.26. The molecular formula is C20H20BrNO5S. The largest absolute Gasteiger partial charge is 0.426 e. The van der Waals surface area contributed by atoms with Crippen LogP contribution in [0.25, 0.3) is 0 Å². The van der Waals surface area contributed by atoms with Crippen LogP contribution in [0.4, 0.5) is 0 Å². The first-order valence-electron chi connectivity index (χ1n) is 8.86. The molecule has 0 N–H and O–H groups in total. The fourth-order valence-corrected chi connectivity index (χ4v) is 4.84. The van der Waals surface area contributed by atoms with Gasteiger partial charge >= 0.3 is 5.97 Å².